The number of thiazole rings is 1. The summed E-state index contributed by atoms with van der Waals surface area (Å²) >= 11 is 1.33. The molecule has 0 unspecified atom stereocenters. The Hall–Kier alpha value is -3.78. The number of rotatable bonds is 5. The predicted octanol–water partition coefficient (Wildman–Crippen LogP) is 4.72. The molecule has 188 valence electrons. The molecule has 1 amide bonds. The van der Waals surface area contributed by atoms with Crippen molar-refractivity contribution in [2.45, 2.75) is 18.7 Å². The minimum Gasteiger partial charge on any atom is -0.456 e. The number of carbonyl (C=O) groups excluding carboxylic acids is 1. The van der Waals surface area contributed by atoms with E-state index in [-0.39, 0.29) is 48.3 Å². The Morgan fingerprint density at radius 3 is 2.38 bits per heavy atom. The highest BCUT2D eigenvalue weighted by Crippen LogP contribution is 2.33. The highest BCUT2D eigenvalue weighted by atomic mass is 32.2. The van der Waals surface area contributed by atoms with E-state index < -0.39 is 10.0 Å². The van der Waals surface area contributed by atoms with Gasteiger partial charge in [-0.3, -0.25) is 4.79 Å². The number of para-hydroxylation sites is 1. The lowest BCUT2D eigenvalue weighted by atomic mass is 10.1. The first-order valence-corrected chi connectivity index (χ1v) is 14.0. The Labute approximate surface area is 219 Å². The first-order valence-electron chi connectivity index (χ1n) is 11.7. The van der Waals surface area contributed by atoms with E-state index in [1.54, 1.807) is 4.90 Å². The smallest absolute Gasteiger partial charge is 0.282 e. The van der Waals surface area contributed by atoms with Crippen LogP contribution >= 0.6 is 11.3 Å². The first kappa shape index (κ1) is 24.9. The van der Waals surface area contributed by atoms with Gasteiger partial charge in [-0.15, -0.1) is 11.3 Å². The van der Waals surface area contributed by atoms with E-state index in [0.29, 0.717) is 10.8 Å². The van der Waals surface area contributed by atoms with Crippen molar-refractivity contribution >= 4 is 37.5 Å². The third kappa shape index (κ3) is 5.06. The second-order valence-corrected chi connectivity index (χ2v) is 11.8. The van der Waals surface area contributed by atoms with Crippen LogP contribution in [0.25, 0.3) is 10.2 Å². The van der Waals surface area contributed by atoms with E-state index in [1.165, 1.54) is 33.8 Å². The van der Waals surface area contributed by atoms with Crippen LogP contribution in [0.1, 0.15) is 26.5 Å². The largest absolute Gasteiger partial charge is 0.456 e. The fourth-order valence-electron chi connectivity index (χ4n) is 4.35. The molecule has 5 rings (SSSR count). The van der Waals surface area contributed by atoms with E-state index in [1.807, 2.05) is 62.4 Å². The molecule has 3 aromatic carbocycles. The van der Waals surface area contributed by atoms with Crippen LogP contribution in [-0.4, -0.2) is 54.7 Å². The van der Waals surface area contributed by atoms with Crippen molar-refractivity contribution in [3.05, 3.63) is 82.4 Å². The molecule has 1 aliphatic heterocycles. The molecular weight excluding hydrogens is 508 g/mol. The maximum atomic E-state index is 13.7. The number of piperazine rings is 1. The molecule has 0 saturated carbocycles. The Morgan fingerprint density at radius 2 is 1.70 bits per heavy atom. The molecule has 1 fully saturated rings. The molecular formula is C27H24N4O4S2. The average molecular weight is 533 g/mol. The molecule has 8 nitrogen and oxygen atoms in total. The fourth-order valence-corrected chi connectivity index (χ4v) is 6.85. The number of sulfonamides is 1. The Balaban J connectivity index is 1.37. The Kier molecular flexibility index (Phi) is 6.69. The third-order valence-corrected chi connectivity index (χ3v) is 9.06. The van der Waals surface area contributed by atoms with E-state index in [0.717, 1.165) is 21.3 Å². The number of fused-ring (bicyclic) bond motifs is 1. The van der Waals surface area contributed by atoms with Gasteiger partial charge in [-0.05, 0) is 67.4 Å². The Morgan fingerprint density at radius 1 is 1.00 bits per heavy atom. The van der Waals surface area contributed by atoms with Gasteiger partial charge in [0.15, 0.2) is 5.01 Å². The van der Waals surface area contributed by atoms with Gasteiger partial charge in [0.05, 0.1) is 21.8 Å². The van der Waals surface area contributed by atoms with Gasteiger partial charge in [-0.2, -0.15) is 9.57 Å². The lowest BCUT2D eigenvalue weighted by Gasteiger charge is -2.33. The normalized spacial score (nSPS) is 14.5. The molecule has 10 heteroatoms. The maximum Gasteiger partial charge on any atom is 0.282 e. The van der Waals surface area contributed by atoms with Gasteiger partial charge < -0.3 is 9.64 Å². The Bertz CT molecular complexity index is 1600. The number of aryl methyl sites for hydroxylation is 2. The maximum absolute atomic E-state index is 13.7. The van der Waals surface area contributed by atoms with Crippen molar-refractivity contribution in [2.24, 2.45) is 0 Å². The third-order valence-electron chi connectivity index (χ3n) is 6.12. The first-order chi connectivity index (χ1) is 17.7. The van der Waals surface area contributed by atoms with Gasteiger partial charge >= 0.3 is 0 Å². The summed E-state index contributed by atoms with van der Waals surface area (Å²) in [5.74, 6) is 0.463. The zero-order chi connectivity index (χ0) is 26.2. The summed E-state index contributed by atoms with van der Waals surface area (Å²) in [5, 5.41) is 9.79. The predicted molar refractivity (Wildman–Crippen MR) is 141 cm³/mol. The molecule has 0 N–H and O–H groups in total. The number of benzene rings is 3. The van der Waals surface area contributed by atoms with Gasteiger partial charge in [0.2, 0.25) is 10.0 Å². The molecule has 4 aromatic rings. The number of nitrogens with zero attached hydrogens (tertiary/aromatic N) is 4. The number of aromatic nitrogens is 1. The minimum absolute atomic E-state index is 0.0725. The van der Waals surface area contributed by atoms with E-state index in [9.17, 15) is 18.5 Å². The van der Waals surface area contributed by atoms with Crippen LogP contribution in [0.4, 0.5) is 0 Å². The summed E-state index contributed by atoms with van der Waals surface area (Å²) in [4.78, 5) is 19.0. The molecule has 0 spiro atoms. The van der Waals surface area contributed by atoms with Crippen molar-refractivity contribution in [1.29, 1.82) is 5.26 Å². The molecule has 37 heavy (non-hydrogen) atoms. The fraction of sp³-hybridized carbons (Fsp3) is 0.222. The molecule has 0 aliphatic carbocycles. The van der Waals surface area contributed by atoms with E-state index in [4.69, 9.17) is 4.74 Å². The summed E-state index contributed by atoms with van der Waals surface area (Å²) in [6.45, 7) is 4.59. The van der Waals surface area contributed by atoms with Gasteiger partial charge in [0.25, 0.3) is 5.91 Å². The molecule has 1 aromatic heterocycles. The second-order valence-electron chi connectivity index (χ2n) is 8.88. The number of ether oxygens (including phenoxy) is 1. The van der Waals surface area contributed by atoms with Crippen molar-refractivity contribution in [2.75, 3.05) is 26.2 Å². The van der Waals surface area contributed by atoms with Crippen molar-refractivity contribution in [3.8, 4) is 17.6 Å². The molecule has 1 saturated heterocycles. The molecule has 2 heterocycles. The van der Waals surface area contributed by atoms with Crippen LogP contribution in [0.3, 0.4) is 0 Å². The summed E-state index contributed by atoms with van der Waals surface area (Å²) in [7, 11) is -3.99. The standard InChI is InChI=1S/C27H24N4O4S2/c1-18-13-19(2)15-21(14-18)35-23-8-7-20(17-28)16-25(23)37(33,34)31-11-9-30(10-12-31)27(32)26-29-22-5-3-4-6-24(22)36-26/h3-8,13-16H,9-12H2,1-2H3. The number of hydrogen-bond donors (Lipinski definition) is 0. The average Bonchev–Trinajstić information content (AvgIpc) is 3.32. The number of amides is 1. The number of hydrogen-bond acceptors (Lipinski definition) is 7. The lowest BCUT2D eigenvalue weighted by molar-refractivity contribution is 0.0697. The summed E-state index contributed by atoms with van der Waals surface area (Å²) < 4.78 is 35.6. The SMILES string of the molecule is Cc1cc(C)cc(Oc2ccc(C#N)cc2S(=O)(=O)N2CCN(C(=O)c3nc4ccccc4s3)CC2)c1. The topological polar surface area (TPSA) is 104 Å². The van der Waals surface area contributed by atoms with E-state index >= 15 is 0 Å². The second kappa shape index (κ2) is 9.94. The van der Waals surface area contributed by atoms with Crippen LogP contribution < -0.4 is 4.74 Å². The highest BCUT2D eigenvalue weighted by molar-refractivity contribution is 7.89. The van der Waals surface area contributed by atoms with Crippen LogP contribution in [0.15, 0.2) is 65.6 Å². The molecule has 0 radical (unpaired) electrons. The highest BCUT2D eigenvalue weighted by Gasteiger charge is 2.33. The van der Waals surface area contributed by atoms with Crippen LogP contribution in [0, 0.1) is 25.2 Å². The van der Waals surface area contributed by atoms with Crippen LogP contribution in [-0.2, 0) is 10.0 Å². The van der Waals surface area contributed by atoms with Gasteiger partial charge in [0.1, 0.15) is 16.4 Å². The summed E-state index contributed by atoms with van der Waals surface area (Å²) in [5.41, 5.74) is 2.96. The molecule has 1 aliphatic rings. The monoisotopic (exact) mass is 532 g/mol. The molecule has 0 atom stereocenters. The van der Waals surface area contributed by atoms with E-state index in [2.05, 4.69) is 4.98 Å². The number of carbonyl (C=O) groups is 1. The molecule has 0 bridgehead atoms. The van der Waals surface area contributed by atoms with Crippen LogP contribution in [0.2, 0.25) is 0 Å². The zero-order valence-corrected chi connectivity index (χ0v) is 22.0. The van der Waals surface area contributed by atoms with Gasteiger partial charge in [-0.1, -0.05) is 18.2 Å². The number of nitriles is 1. The van der Waals surface area contributed by atoms with Crippen molar-refractivity contribution < 1.29 is 17.9 Å². The lowest BCUT2D eigenvalue weighted by Crippen LogP contribution is -2.50. The van der Waals surface area contributed by atoms with Crippen LogP contribution in [0.5, 0.6) is 11.5 Å². The quantitative estimate of drug-likeness (QED) is 0.368. The van der Waals surface area contributed by atoms with Gasteiger partial charge in [0, 0.05) is 26.2 Å². The van der Waals surface area contributed by atoms with Gasteiger partial charge in [-0.25, -0.2) is 13.4 Å². The summed E-state index contributed by atoms with van der Waals surface area (Å²) in [6, 6.07) is 19.6. The minimum atomic E-state index is -3.99. The summed E-state index contributed by atoms with van der Waals surface area (Å²) in [6.07, 6.45) is 0. The van der Waals surface area contributed by atoms with Crippen molar-refractivity contribution in [1.82, 2.24) is 14.2 Å². The van der Waals surface area contributed by atoms with Crippen molar-refractivity contribution in [3.63, 3.8) is 0 Å². The zero-order valence-electron chi connectivity index (χ0n) is 20.3.